The Kier molecular flexibility index (Phi) is 6.52. The number of benzene rings is 1. The molecule has 1 aromatic rings. The highest BCUT2D eigenvalue weighted by atomic mass is 79.9. The first-order chi connectivity index (χ1) is 8.04. The number of hydrogen-bond donors (Lipinski definition) is 0. The van der Waals surface area contributed by atoms with Crippen LogP contribution >= 0.6 is 31.9 Å². The Hall–Kier alpha value is -0.0600. The summed E-state index contributed by atoms with van der Waals surface area (Å²) in [5.41, 5.74) is 2.47. The van der Waals surface area contributed by atoms with Crippen LogP contribution in [0.25, 0.3) is 0 Å². The van der Waals surface area contributed by atoms with E-state index >= 15 is 0 Å². The van der Waals surface area contributed by atoms with Gasteiger partial charge in [0.1, 0.15) is 0 Å². The van der Waals surface area contributed by atoms with Crippen molar-refractivity contribution in [2.24, 2.45) is 0 Å². The lowest BCUT2D eigenvalue weighted by atomic mass is 10.2. The van der Waals surface area contributed by atoms with Crippen molar-refractivity contribution in [2.75, 3.05) is 25.1 Å². The van der Waals surface area contributed by atoms with Crippen LogP contribution in [0.3, 0.4) is 0 Å². The molecule has 0 aliphatic heterocycles. The monoisotopic (exact) mass is 363 g/mol. The van der Waals surface area contributed by atoms with E-state index in [0.717, 1.165) is 23.0 Å². The second-order valence-electron chi connectivity index (χ2n) is 4.26. The van der Waals surface area contributed by atoms with Crippen molar-refractivity contribution in [3.8, 4) is 0 Å². The molecule has 0 amide bonds. The van der Waals surface area contributed by atoms with Crippen molar-refractivity contribution in [2.45, 2.75) is 25.3 Å². The van der Waals surface area contributed by atoms with E-state index in [2.05, 4.69) is 75.9 Å². The number of nitrogens with zero attached hydrogens (tertiary/aromatic N) is 1. The van der Waals surface area contributed by atoms with Gasteiger partial charge < -0.3 is 9.64 Å². The Morgan fingerprint density at radius 1 is 1.35 bits per heavy atom. The van der Waals surface area contributed by atoms with E-state index in [1.54, 1.807) is 0 Å². The van der Waals surface area contributed by atoms with Gasteiger partial charge in [0, 0.05) is 23.4 Å². The van der Waals surface area contributed by atoms with Crippen LogP contribution in [0.4, 0.5) is 5.69 Å². The number of rotatable bonds is 6. The zero-order valence-electron chi connectivity index (χ0n) is 10.5. The third-order valence-electron chi connectivity index (χ3n) is 2.46. The molecule has 0 fully saturated rings. The summed E-state index contributed by atoms with van der Waals surface area (Å²) in [6.45, 7) is 5.76. The Morgan fingerprint density at radius 3 is 2.59 bits per heavy atom. The molecule has 0 aromatic heterocycles. The summed E-state index contributed by atoms with van der Waals surface area (Å²) in [5, 5.41) is 0.881. The quantitative estimate of drug-likeness (QED) is 0.701. The van der Waals surface area contributed by atoms with Gasteiger partial charge in [0.05, 0.1) is 18.4 Å². The standard InChI is InChI=1S/C13H19Br2NO/c1-10(2)17-7-6-16(3)13-5-4-11(9-14)8-12(13)15/h4-5,8,10H,6-7,9H2,1-3H3. The lowest BCUT2D eigenvalue weighted by Crippen LogP contribution is -2.24. The topological polar surface area (TPSA) is 12.5 Å². The first-order valence-electron chi connectivity index (χ1n) is 5.71. The average Bonchev–Trinajstić information content (AvgIpc) is 2.28. The molecule has 96 valence electrons. The minimum atomic E-state index is 0.294. The van der Waals surface area contributed by atoms with Gasteiger partial charge in [-0.1, -0.05) is 22.0 Å². The van der Waals surface area contributed by atoms with E-state index in [0.29, 0.717) is 6.10 Å². The van der Waals surface area contributed by atoms with Gasteiger partial charge in [-0.3, -0.25) is 0 Å². The van der Waals surface area contributed by atoms with E-state index in [1.165, 1.54) is 11.3 Å². The van der Waals surface area contributed by atoms with E-state index in [-0.39, 0.29) is 0 Å². The highest BCUT2D eigenvalue weighted by molar-refractivity contribution is 9.10. The maximum Gasteiger partial charge on any atom is 0.0644 e. The second kappa shape index (κ2) is 7.39. The molecule has 0 spiro atoms. The van der Waals surface area contributed by atoms with Crippen LogP contribution in [0.1, 0.15) is 19.4 Å². The molecule has 0 aliphatic rings. The van der Waals surface area contributed by atoms with Gasteiger partial charge in [0.25, 0.3) is 0 Å². The average molecular weight is 365 g/mol. The van der Waals surface area contributed by atoms with Crippen LogP contribution in [0, 0.1) is 0 Å². The fourth-order valence-corrected chi connectivity index (χ4v) is 2.57. The number of ether oxygens (including phenoxy) is 1. The number of halogens is 2. The largest absolute Gasteiger partial charge is 0.377 e. The smallest absolute Gasteiger partial charge is 0.0644 e. The highest BCUT2D eigenvalue weighted by Gasteiger charge is 2.06. The molecule has 1 rings (SSSR count). The Balaban J connectivity index is 2.59. The second-order valence-corrected chi connectivity index (χ2v) is 5.68. The zero-order valence-corrected chi connectivity index (χ0v) is 13.7. The van der Waals surface area contributed by atoms with Crippen molar-refractivity contribution in [3.05, 3.63) is 28.2 Å². The summed E-state index contributed by atoms with van der Waals surface area (Å²) in [6.07, 6.45) is 0.294. The Bertz CT molecular complexity index is 355. The first-order valence-corrected chi connectivity index (χ1v) is 7.63. The molecule has 0 saturated heterocycles. The molecule has 0 radical (unpaired) electrons. The van der Waals surface area contributed by atoms with Crippen molar-refractivity contribution < 1.29 is 4.74 Å². The number of hydrogen-bond acceptors (Lipinski definition) is 2. The van der Waals surface area contributed by atoms with Gasteiger partial charge in [-0.15, -0.1) is 0 Å². The summed E-state index contributed by atoms with van der Waals surface area (Å²) >= 11 is 7.06. The predicted molar refractivity (Wildman–Crippen MR) is 81.1 cm³/mol. The highest BCUT2D eigenvalue weighted by Crippen LogP contribution is 2.27. The first kappa shape index (κ1) is 15.0. The number of alkyl halides is 1. The summed E-state index contributed by atoms with van der Waals surface area (Å²) in [6, 6.07) is 6.41. The number of likely N-dealkylation sites (N-methyl/N-ethyl adjacent to an activating group) is 1. The molecular weight excluding hydrogens is 346 g/mol. The van der Waals surface area contributed by atoms with Crippen molar-refractivity contribution in [3.63, 3.8) is 0 Å². The SMILES string of the molecule is CC(C)OCCN(C)c1ccc(CBr)cc1Br. The molecule has 0 bridgehead atoms. The van der Waals surface area contributed by atoms with Crippen LogP contribution in [0.2, 0.25) is 0 Å². The molecule has 0 saturated carbocycles. The molecule has 17 heavy (non-hydrogen) atoms. The fourth-order valence-electron chi connectivity index (χ4n) is 1.49. The van der Waals surface area contributed by atoms with Gasteiger partial charge >= 0.3 is 0 Å². The normalized spacial score (nSPS) is 10.9. The molecule has 0 unspecified atom stereocenters. The third-order valence-corrected chi connectivity index (χ3v) is 3.74. The van der Waals surface area contributed by atoms with E-state index in [9.17, 15) is 0 Å². The fraction of sp³-hybridized carbons (Fsp3) is 0.538. The summed E-state index contributed by atoms with van der Waals surface area (Å²) < 4.78 is 6.68. The van der Waals surface area contributed by atoms with Gasteiger partial charge in [-0.25, -0.2) is 0 Å². The minimum absolute atomic E-state index is 0.294. The zero-order chi connectivity index (χ0) is 12.8. The van der Waals surface area contributed by atoms with E-state index in [1.807, 2.05) is 0 Å². The van der Waals surface area contributed by atoms with Crippen LogP contribution in [0.15, 0.2) is 22.7 Å². The van der Waals surface area contributed by atoms with Gasteiger partial charge in [0.2, 0.25) is 0 Å². The van der Waals surface area contributed by atoms with Crippen molar-refractivity contribution in [1.82, 2.24) is 0 Å². The predicted octanol–water partition coefficient (Wildman–Crippen LogP) is 4.21. The maximum absolute atomic E-state index is 5.55. The van der Waals surface area contributed by atoms with Gasteiger partial charge in [-0.2, -0.15) is 0 Å². The third kappa shape index (κ3) is 4.98. The van der Waals surface area contributed by atoms with Crippen molar-refractivity contribution in [1.29, 1.82) is 0 Å². The van der Waals surface area contributed by atoms with Crippen LogP contribution in [-0.2, 0) is 10.1 Å². The molecule has 0 aliphatic carbocycles. The summed E-state index contributed by atoms with van der Waals surface area (Å²) in [4.78, 5) is 2.20. The van der Waals surface area contributed by atoms with Gasteiger partial charge in [0.15, 0.2) is 0 Å². The van der Waals surface area contributed by atoms with E-state index in [4.69, 9.17) is 4.74 Å². The van der Waals surface area contributed by atoms with Gasteiger partial charge in [-0.05, 0) is 47.5 Å². The molecule has 0 N–H and O–H groups in total. The lowest BCUT2D eigenvalue weighted by Gasteiger charge is -2.21. The summed E-state index contributed by atoms with van der Waals surface area (Å²) in [7, 11) is 2.08. The molecular formula is C13H19Br2NO. The molecule has 0 heterocycles. The van der Waals surface area contributed by atoms with Crippen molar-refractivity contribution >= 4 is 37.5 Å². The summed E-state index contributed by atoms with van der Waals surface area (Å²) in [5.74, 6) is 0. The molecule has 2 nitrogen and oxygen atoms in total. The van der Waals surface area contributed by atoms with Crippen LogP contribution < -0.4 is 4.90 Å². The minimum Gasteiger partial charge on any atom is -0.377 e. The van der Waals surface area contributed by atoms with E-state index < -0.39 is 0 Å². The van der Waals surface area contributed by atoms with Crippen LogP contribution in [-0.4, -0.2) is 26.3 Å². The molecule has 4 heteroatoms. The molecule has 1 aromatic carbocycles. The maximum atomic E-state index is 5.55. The Morgan fingerprint density at radius 2 is 2.06 bits per heavy atom. The number of anilines is 1. The lowest BCUT2D eigenvalue weighted by molar-refractivity contribution is 0.0846. The molecule has 0 atom stereocenters. The Labute approximate surface area is 121 Å². The van der Waals surface area contributed by atoms with Crippen LogP contribution in [0.5, 0.6) is 0 Å².